The molecule has 0 atom stereocenters. The Labute approximate surface area is 161 Å². The molecule has 4 heteroatoms. The van der Waals surface area contributed by atoms with Gasteiger partial charge in [0.25, 0.3) is 0 Å². The summed E-state index contributed by atoms with van der Waals surface area (Å²) >= 11 is 13.8. The van der Waals surface area contributed by atoms with Crippen molar-refractivity contribution in [3.8, 4) is 6.07 Å². The minimum Gasteiger partial charge on any atom is -0.192 e. The van der Waals surface area contributed by atoms with Crippen LogP contribution in [0.25, 0.3) is 11.6 Å². The molecule has 0 saturated heterocycles. The molecule has 3 rings (SSSR count). The SMILES string of the molecule is N#CC(=Cc1ccc(Sc2ccc(Cl)cc2)cc1)c1ccccc1Cl. The predicted octanol–water partition coefficient (Wildman–Crippen LogP) is 7.21. The molecule has 0 spiro atoms. The highest BCUT2D eigenvalue weighted by Crippen LogP contribution is 2.30. The zero-order valence-electron chi connectivity index (χ0n) is 13.1. The van der Waals surface area contributed by atoms with Crippen LogP contribution in [0.1, 0.15) is 11.1 Å². The fourth-order valence-electron chi connectivity index (χ4n) is 2.29. The monoisotopic (exact) mass is 381 g/mol. The first-order chi connectivity index (χ1) is 12.2. The first-order valence-corrected chi connectivity index (χ1v) is 9.13. The first-order valence-electron chi connectivity index (χ1n) is 7.56. The fraction of sp³-hybridized carbons (Fsp3) is 0. The smallest absolute Gasteiger partial charge is 0.0998 e. The molecular weight excluding hydrogens is 369 g/mol. The molecule has 0 unspecified atom stereocenters. The Morgan fingerprint density at radius 2 is 1.44 bits per heavy atom. The maximum Gasteiger partial charge on any atom is 0.0998 e. The van der Waals surface area contributed by atoms with Crippen LogP contribution in [0.3, 0.4) is 0 Å². The van der Waals surface area contributed by atoms with Crippen LogP contribution >= 0.6 is 35.0 Å². The largest absolute Gasteiger partial charge is 0.192 e. The van der Waals surface area contributed by atoms with Crippen LogP contribution in [0.5, 0.6) is 0 Å². The van der Waals surface area contributed by atoms with E-state index in [4.69, 9.17) is 23.2 Å². The van der Waals surface area contributed by atoms with Gasteiger partial charge in [0.05, 0.1) is 11.6 Å². The molecule has 122 valence electrons. The summed E-state index contributed by atoms with van der Waals surface area (Å²) in [6.07, 6.45) is 1.85. The number of allylic oxidation sites excluding steroid dienone is 1. The van der Waals surface area contributed by atoms with E-state index in [0.717, 1.165) is 25.9 Å². The van der Waals surface area contributed by atoms with Crippen molar-refractivity contribution in [2.75, 3.05) is 0 Å². The van der Waals surface area contributed by atoms with Gasteiger partial charge in [0.1, 0.15) is 0 Å². The highest BCUT2D eigenvalue weighted by Gasteiger charge is 2.05. The van der Waals surface area contributed by atoms with Gasteiger partial charge in [-0.3, -0.25) is 0 Å². The summed E-state index contributed by atoms with van der Waals surface area (Å²) in [5.41, 5.74) is 2.24. The molecule has 0 radical (unpaired) electrons. The van der Waals surface area contributed by atoms with E-state index in [9.17, 15) is 5.26 Å². The number of rotatable bonds is 4. The van der Waals surface area contributed by atoms with Crippen molar-refractivity contribution >= 4 is 46.6 Å². The normalized spacial score (nSPS) is 11.2. The van der Waals surface area contributed by atoms with E-state index in [-0.39, 0.29) is 0 Å². The molecule has 0 aliphatic heterocycles. The molecule has 0 aromatic heterocycles. The third kappa shape index (κ3) is 4.67. The van der Waals surface area contributed by atoms with Crippen molar-refractivity contribution < 1.29 is 0 Å². The lowest BCUT2D eigenvalue weighted by Crippen LogP contribution is -1.84. The third-order valence-corrected chi connectivity index (χ3v) is 5.12. The Kier molecular flexibility index (Phi) is 5.83. The van der Waals surface area contributed by atoms with E-state index < -0.39 is 0 Å². The molecule has 0 saturated carbocycles. The summed E-state index contributed by atoms with van der Waals surface area (Å²) in [4.78, 5) is 2.25. The molecular formula is C21H13Cl2NS. The van der Waals surface area contributed by atoms with E-state index in [1.807, 2.05) is 72.8 Å². The molecule has 0 aliphatic rings. The van der Waals surface area contributed by atoms with Gasteiger partial charge in [-0.05, 0) is 54.1 Å². The third-order valence-electron chi connectivity index (χ3n) is 3.52. The van der Waals surface area contributed by atoms with Crippen molar-refractivity contribution in [3.63, 3.8) is 0 Å². The van der Waals surface area contributed by atoms with Crippen LogP contribution < -0.4 is 0 Å². The summed E-state index contributed by atoms with van der Waals surface area (Å²) < 4.78 is 0. The molecule has 0 N–H and O–H groups in total. The summed E-state index contributed by atoms with van der Waals surface area (Å²) in [6.45, 7) is 0. The number of hydrogen-bond donors (Lipinski definition) is 0. The second kappa shape index (κ2) is 8.27. The van der Waals surface area contributed by atoms with Gasteiger partial charge in [0.2, 0.25) is 0 Å². The van der Waals surface area contributed by atoms with Crippen LogP contribution in [0, 0.1) is 11.3 Å². The molecule has 25 heavy (non-hydrogen) atoms. The average Bonchev–Trinajstić information content (AvgIpc) is 2.64. The molecule has 1 nitrogen and oxygen atoms in total. The molecule has 3 aromatic rings. The number of hydrogen-bond acceptors (Lipinski definition) is 2. The van der Waals surface area contributed by atoms with Gasteiger partial charge in [-0.1, -0.05) is 65.3 Å². The second-order valence-corrected chi connectivity index (χ2v) is 7.27. The highest BCUT2D eigenvalue weighted by atomic mass is 35.5. The predicted molar refractivity (Wildman–Crippen MR) is 107 cm³/mol. The average molecular weight is 382 g/mol. The van der Waals surface area contributed by atoms with E-state index in [1.165, 1.54) is 0 Å². The first kappa shape index (κ1) is 17.6. The van der Waals surface area contributed by atoms with Crippen LogP contribution in [-0.4, -0.2) is 0 Å². The fourth-order valence-corrected chi connectivity index (χ4v) is 3.47. The lowest BCUT2D eigenvalue weighted by Gasteiger charge is -2.04. The van der Waals surface area contributed by atoms with E-state index in [0.29, 0.717) is 10.6 Å². The Balaban J connectivity index is 1.81. The Hall–Kier alpha value is -2.18. The Bertz CT molecular complexity index is 939. The van der Waals surface area contributed by atoms with Gasteiger partial charge in [-0.25, -0.2) is 0 Å². The molecule has 0 bridgehead atoms. The van der Waals surface area contributed by atoms with E-state index >= 15 is 0 Å². The summed E-state index contributed by atoms with van der Waals surface area (Å²) in [5.74, 6) is 0. The van der Waals surface area contributed by atoms with E-state index in [2.05, 4.69) is 6.07 Å². The molecule has 0 heterocycles. The molecule has 0 aliphatic carbocycles. The van der Waals surface area contributed by atoms with Crippen LogP contribution in [0.2, 0.25) is 10.0 Å². The van der Waals surface area contributed by atoms with Gasteiger partial charge in [0.15, 0.2) is 0 Å². The number of nitrogens with zero attached hydrogens (tertiary/aromatic N) is 1. The Morgan fingerprint density at radius 1 is 0.840 bits per heavy atom. The van der Waals surface area contributed by atoms with Crippen molar-refractivity contribution in [2.24, 2.45) is 0 Å². The van der Waals surface area contributed by atoms with Gasteiger partial charge in [0, 0.05) is 25.4 Å². The summed E-state index contributed by atoms with van der Waals surface area (Å²) in [5, 5.41) is 10.7. The summed E-state index contributed by atoms with van der Waals surface area (Å²) in [6, 6.07) is 25.4. The minimum atomic E-state index is 0.545. The number of benzene rings is 3. The van der Waals surface area contributed by atoms with E-state index in [1.54, 1.807) is 17.8 Å². The van der Waals surface area contributed by atoms with Crippen molar-refractivity contribution in [1.29, 1.82) is 5.26 Å². The lowest BCUT2D eigenvalue weighted by atomic mass is 10.0. The van der Waals surface area contributed by atoms with Crippen molar-refractivity contribution in [1.82, 2.24) is 0 Å². The van der Waals surface area contributed by atoms with Crippen molar-refractivity contribution in [3.05, 3.63) is 94.0 Å². The second-order valence-electron chi connectivity index (χ2n) is 5.27. The summed E-state index contributed by atoms with van der Waals surface area (Å²) in [7, 11) is 0. The molecule has 3 aromatic carbocycles. The highest BCUT2D eigenvalue weighted by molar-refractivity contribution is 7.99. The molecule has 0 amide bonds. The quantitative estimate of drug-likeness (QED) is 0.352. The van der Waals surface area contributed by atoms with Gasteiger partial charge < -0.3 is 0 Å². The van der Waals surface area contributed by atoms with Gasteiger partial charge >= 0.3 is 0 Å². The van der Waals surface area contributed by atoms with Crippen LogP contribution in [-0.2, 0) is 0 Å². The van der Waals surface area contributed by atoms with Crippen LogP contribution in [0.4, 0.5) is 0 Å². The van der Waals surface area contributed by atoms with Gasteiger partial charge in [-0.2, -0.15) is 5.26 Å². The maximum atomic E-state index is 9.45. The lowest BCUT2D eigenvalue weighted by molar-refractivity contribution is 1.40. The number of nitriles is 1. The number of halogens is 2. The van der Waals surface area contributed by atoms with Crippen LogP contribution in [0.15, 0.2) is 82.6 Å². The maximum absolute atomic E-state index is 9.45. The molecule has 0 fully saturated rings. The topological polar surface area (TPSA) is 23.8 Å². The zero-order valence-corrected chi connectivity index (χ0v) is 15.4. The zero-order chi connectivity index (χ0) is 17.6. The standard InChI is InChI=1S/C21H13Cl2NS/c22-17-7-11-19(12-8-17)25-18-9-5-15(6-10-18)13-16(14-24)20-3-1-2-4-21(20)23/h1-13H. The Morgan fingerprint density at radius 3 is 2.04 bits per heavy atom. The minimum absolute atomic E-state index is 0.545. The van der Waals surface area contributed by atoms with Gasteiger partial charge in [-0.15, -0.1) is 0 Å². The van der Waals surface area contributed by atoms with Crippen molar-refractivity contribution in [2.45, 2.75) is 9.79 Å².